The van der Waals surface area contributed by atoms with E-state index < -0.39 is 0 Å². The summed E-state index contributed by atoms with van der Waals surface area (Å²) >= 11 is 0. The third-order valence-corrected chi connectivity index (χ3v) is 3.47. The Morgan fingerprint density at radius 1 is 1.35 bits per heavy atom. The molecule has 1 fully saturated rings. The van der Waals surface area contributed by atoms with E-state index in [1.54, 1.807) is 0 Å². The van der Waals surface area contributed by atoms with Crippen molar-refractivity contribution in [2.75, 3.05) is 13.2 Å². The standard InChI is InChI=1S/C15H23NO/c1-2-13-7-3-4-10-15(13)17-12-6-9-14-8-5-11-16-14/h3-4,7,10,14,16H,2,5-6,8-9,11-12H2,1H3. The number of nitrogens with one attached hydrogen (secondary N) is 1. The maximum absolute atomic E-state index is 5.86. The van der Waals surface area contributed by atoms with E-state index in [0.29, 0.717) is 0 Å². The highest BCUT2D eigenvalue weighted by Crippen LogP contribution is 2.19. The number of aryl methyl sites for hydroxylation is 1. The smallest absolute Gasteiger partial charge is 0.122 e. The molecule has 1 saturated heterocycles. The van der Waals surface area contributed by atoms with Gasteiger partial charge in [-0.3, -0.25) is 0 Å². The van der Waals surface area contributed by atoms with Crippen molar-refractivity contribution >= 4 is 0 Å². The highest BCUT2D eigenvalue weighted by molar-refractivity contribution is 5.33. The first-order valence-electron chi connectivity index (χ1n) is 6.84. The minimum atomic E-state index is 0.736. The Hall–Kier alpha value is -1.02. The summed E-state index contributed by atoms with van der Waals surface area (Å²) in [5.41, 5.74) is 1.31. The highest BCUT2D eigenvalue weighted by Gasteiger charge is 2.13. The second-order valence-electron chi connectivity index (χ2n) is 4.75. The van der Waals surface area contributed by atoms with E-state index in [1.165, 1.54) is 31.4 Å². The third kappa shape index (κ3) is 3.74. The number of ether oxygens (including phenoxy) is 1. The topological polar surface area (TPSA) is 21.3 Å². The number of hydrogen-bond acceptors (Lipinski definition) is 2. The lowest BCUT2D eigenvalue weighted by atomic mass is 10.1. The summed E-state index contributed by atoms with van der Waals surface area (Å²) in [5, 5.41) is 3.52. The molecule has 1 aliphatic rings. The van der Waals surface area contributed by atoms with Crippen LogP contribution < -0.4 is 10.1 Å². The average molecular weight is 233 g/mol. The first-order valence-corrected chi connectivity index (χ1v) is 6.84. The van der Waals surface area contributed by atoms with Gasteiger partial charge in [0, 0.05) is 6.04 Å². The molecule has 0 saturated carbocycles. The van der Waals surface area contributed by atoms with Crippen LogP contribution in [-0.2, 0) is 6.42 Å². The van der Waals surface area contributed by atoms with Gasteiger partial charge in [0.05, 0.1) is 6.61 Å². The SMILES string of the molecule is CCc1ccccc1OCCCC1CCCN1. The fraction of sp³-hybridized carbons (Fsp3) is 0.600. The molecule has 2 nitrogen and oxygen atoms in total. The average Bonchev–Trinajstić information content (AvgIpc) is 2.88. The van der Waals surface area contributed by atoms with Gasteiger partial charge < -0.3 is 10.1 Å². The predicted octanol–water partition coefficient (Wildman–Crippen LogP) is 3.16. The van der Waals surface area contributed by atoms with E-state index in [9.17, 15) is 0 Å². The molecule has 0 spiro atoms. The van der Waals surface area contributed by atoms with Gasteiger partial charge in [-0.05, 0) is 50.3 Å². The lowest BCUT2D eigenvalue weighted by Gasteiger charge is -2.12. The number of rotatable bonds is 6. The number of hydrogen-bond donors (Lipinski definition) is 1. The van der Waals surface area contributed by atoms with Crippen molar-refractivity contribution in [1.29, 1.82) is 0 Å². The van der Waals surface area contributed by atoms with E-state index in [-0.39, 0.29) is 0 Å². The van der Waals surface area contributed by atoms with Crippen molar-refractivity contribution in [1.82, 2.24) is 5.32 Å². The van der Waals surface area contributed by atoms with Crippen molar-refractivity contribution in [2.45, 2.75) is 45.1 Å². The summed E-state index contributed by atoms with van der Waals surface area (Å²) in [6.45, 7) is 4.21. The third-order valence-electron chi connectivity index (χ3n) is 3.47. The summed E-state index contributed by atoms with van der Waals surface area (Å²) in [7, 11) is 0. The molecule has 94 valence electrons. The largest absolute Gasteiger partial charge is 0.493 e. The normalized spacial score (nSPS) is 19.5. The van der Waals surface area contributed by atoms with Crippen molar-refractivity contribution in [3.8, 4) is 5.75 Å². The molecule has 2 heteroatoms. The van der Waals surface area contributed by atoms with Gasteiger partial charge in [-0.2, -0.15) is 0 Å². The minimum Gasteiger partial charge on any atom is -0.493 e. The van der Waals surface area contributed by atoms with Gasteiger partial charge >= 0.3 is 0 Å². The number of para-hydroxylation sites is 1. The van der Waals surface area contributed by atoms with Crippen LogP contribution in [0.1, 0.15) is 38.2 Å². The second kappa shape index (κ2) is 6.65. The fourth-order valence-corrected chi connectivity index (χ4v) is 2.45. The Balaban J connectivity index is 1.70. The monoisotopic (exact) mass is 233 g/mol. The zero-order chi connectivity index (χ0) is 11.9. The quantitative estimate of drug-likeness (QED) is 0.762. The molecule has 0 radical (unpaired) electrons. The van der Waals surface area contributed by atoms with Crippen molar-refractivity contribution in [3.05, 3.63) is 29.8 Å². The summed E-state index contributed by atoms with van der Waals surface area (Å²) in [4.78, 5) is 0. The lowest BCUT2D eigenvalue weighted by Crippen LogP contribution is -2.21. The maximum Gasteiger partial charge on any atom is 0.122 e. The van der Waals surface area contributed by atoms with Gasteiger partial charge in [0.2, 0.25) is 0 Å². The zero-order valence-corrected chi connectivity index (χ0v) is 10.7. The fourth-order valence-electron chi connectivity index (χ4n) is 2.45. The van der Waals surface area contributed by atoms with Gasteiger partial charge in [-0.1, -0.05) is 25.1 Å². The van der Waals surface area contributed by atoms with Crippen LogP contribution >= 0.6 is 0 Å². The number of benzene rings is 1. The molecule has 2 rings (SSSR count). The summed E-state index contributed by atoms with van der Waals surface area (Å²) in [6.07, 6.45) is 6.11. The van der Waals surface area contributed by atoms with E-state index >= 15 is 0 Å². The minimum absolute atomic E-state index is 0.736. The van der Waals surface area contributed by atoms with Crippen molar-refractivity contribution in [3.63, 3.8) is 0 Å². The van der Waals surface area contributed by atoms with Gasteiger partial charge in [-0.15, -0.1) is 0 Å². The molecule has 1 unspecified atom stereocenters. The molecule has 1 aliphatic heterocycles. The molecule has 0 bridgehead atoms. The van der Waals surface area contributed by atoms with Crippen molar-refractivity contribution < 1.29 is 4.74 Å². The Bertz CT molecular complexity index is 331. The Morgan fingerprint density at radius 2 is 2.24 bits per heavy atom. The van der Waals surface area contributed by atoms with E-state index in [0.717, 1.165) is 31.2 Å². The second-order valence-corrected chi connectivity index (χ2v) is 4.75. The predicted molar refractivity (Wildman–Crippen MR) is 71.6 cm³/mol. The molecule has 17 heavy (non-hydrogen) atoms. The summed E-state index contributed by atoms with van der Waals surface area (Å²) in [6, 6.07) is 9.09. The molecular formula is C15H23NO. The van der Waals surface area contributed by atoms with Crippen LogP contribution in [0.5, 0.6) is 5.75 Å². The van der Waals surface area contributed by atoms with E-state index in [1.807, 2.05) is 6.07 Å². The van der Waals surface area contributed by atoms with Gasteiger partial charge in [0.15, 0.2) is 0 Å². The zero-order valence-electron chi connectivity index (χ0n) is 10.7. The van der Waals surface area contributed by atoms with E-state index in [4.69, 9.17) is 4.74 Å². The molecule has 0 aromatic heterocycles. The van der Waals surface area contributed by atoms with Crippen LogP contribution in [-0.4, -0.2) is 19.2 Å². The maximum atomic E-state index is 5.86. The Labute approximate surface area is 104 Å². The molecule has 0 amide bonds. The molecule has 1 heterocycles. The van der Waals surface area contributed by atoms with E-state index in [2.05, 4.69) is 30.4 Å². The van der Waals surface area contributed by atoms with Crippen LogP contribution in [0.3, 0.4) is 0 Å². The van der Waals surface area contributed by atoms with Crippen molar-refractivity contribution in [2.24, 2.45) is 0 Å². The van der Waals surface area contributed by atoms with Crippen LogP contribution in [0, 0.1) is 0 Å². The Kier molecular flexibility index (Phi) is 4.87. The first kappa shape index (κ1) is 12.4. The first-order chi connectivity index (χ1) is 8.40. The van der Waals surface area contributed by atoms with Gasteiger partial charge in [-0.25, -0.2) is 0 Å². The molecule has 1 atom stereocenters. The van der Waals surface area contributed by atoms with Crippen LogP contribution in [0.25, 0.3) is 0 Å². The Morgan fingerprint density at radius 3 is 3.00 bits per heavy atom. The van der Waals surface area contributed by atoms with Crippen LogP contribution in [0.15, 0.2) is 24.3 Å². The molecule has 0 aliphatic carbocycles. The van der Waals surface area contributed by atoms with Gasteiger partial charge in [0.1, 0.15) is 5.75 Å². The molecule has 1 aromatic rings. The molecule has 1 N–H and O–H groups in total. The van der Waals surface area contributed by atoms with Gasteiger partial charge in [0.25, 0.3) is 0 Å². The lowest BCUT2D eigenvalue weighted by molar-refractivity contribution is 0.296. The van der Waals surface area contributed by atoms with Crippen LogP contribution in [0.4, 0.5) is 0 Å². The summed E-state index contributed by atoms with van der Waals surface area (Å²) < 4.78 is 5.86. The summed E-state index contributed by atoms with van der Waals surface area (Å²) in [5.74, 6) is 1.06. The van der Waals surface area contributed by atoms with Crippen LogP contribution in [0.2, 0.25) is 0 Å². The molecular weight excluding hydrogens is 210 g/mol. The highest BCUT2D eigenvalue weighted by atomic mass is 16.5. The molecule has 1 aromatic carbocycles.